The normalized spacial score (nSPS) is 19.4. The monoisotopic (exact) mass is 337 g/mol. The Balaban J connectivity index is 2.02. The average Bonchev–Trinajstić information content (AvgIpc) is 3.12. The standard InChI is InChI=1S/C17H27N3O2S/c1-2-3-7-13(12-18)19-16(21)14-8-4-5-10-20(14)17(22)15-9-6-11-23-15/h6,9,11,13-14H,2-5,7-8,10,12,18H2,1H3,(H,19,21). The lowest BCUT2D eigenvalue weighted by Crippen LogP contribution is -2.54. The van der Waals surface area contributed by atoms with Gasteiger partial charge in [-0.05, 0) is 37.1 Å². The molecule has 2 rings (SSSR count). The Morgan fingerprint density at radius 2 is 2.30 bits per heavy atom. The molecule has 0 radical (unpaired) electrons. The van der Waals surface area contributed by atoms with Crippen molar-refractivity contribution in [1.82, 2.24) is 10.2 Å². The summed E-state index contributed by atoms with van der Waals surface area (Å²) in [5.74, 6) is -0.0844. The molecule has 5 nitrogen and oxygen atoms in total. The summed E-state index contributed by atoms with van der Waals surface area (Å²) in [6.07, 6.45) is 5.69. The molecule has 0 aromatic carbocycles. The predicted molar refractivity (Wildman–Crippen MR) is 93.5 cm³/mol. The number of hydrogen-bond acceptors (Lipinski definition) is 4. The quantitative estimate of drug-likeness (QED) is 0.802. The first-order valence-corrected chi connectivity index (χ1v) is 9.40. The van der Waals surface area contributed by atoms with Gasteiger partial charge in [-0.1, -0.05) is 25.8 Å². The van der Waals surface area contributed by atoms with Gasteiger partial charge in [-0.2, -0.15) is 0 Å². The van der Waals surface area contributed by atoms with Crippen molar-refractivity contribution in [2.75, 3.05) is 13.1 Å². The van der Waals surface area contributed by atoms with Crippen LogP contribution < -0.4 is 11.1 Å². The zero-order valence-electron chi connectivity index (χ0n) is 13.8. The molecule has 2 heterocycles. The lowest BCUT2D eigenvalue weighted by atomic mass is 10.00. The molecule has 1 aliphatic heterocycles. The number of nitrogens with zero attached hydrogens (tertiary/aromatic N) is 1. The number of unbranched alkanes of at least 4 members (excludes halogenated alkanes) is 1. The van der Waals surface area contributed by atoms with Gasteiger partial charge in [-0.15, -0.1) is 11.3 Å². The Morgan fingerprint density at radius 3 is 2.96 bits per heavy atom. The number of hydrogen-bond donors (Lipinski definition) is 2. The van der Waals surface area contributed by atoms with E-state index in [9.17, 15) is 9.59 Å². The fourth-order valence-corrected chi connectivity index (χ4v) is 3.66. The van der Waals surface area contributed by atoms with Gasteiger partial charge >= 0.3 is 0 Å². The van der Waals surface area contributed by atoms with Crippen LogP contribution in [0.2, 0.25) is 0 Å². The van der Waals surface area contributed by atoms with E-state index in [-0.39, 0.29) is 23.9 Å². The summed E-state index contributed by atoms with van der Waals surface area (Å²) in [4.78, 5) is 27.7. The molecule has 0 bridgehead atoms. The Bertz CT molecular complexity index is 504. The number of nitrogens with one attached hydrogen (secondary N) is 1. The van der Waals surface area contributed by atoms with Gasteiger partial charge in [0.25, 0.3) is 5.91 Å². The SMILES string of the molecule is CCCCC(CN)NC(=O)C1CCCCN1C(=O)c1cccs1. The smallest absolute Gasteiger partial charge is 0.264 e. The van der Waals surface area contributed by atoms with E-state index < -0.39 is 0 Å². The first-order valence-electron chi connectivity index (χ1n) is 8.52. The van der Waals surface area contributed by atoms with Crippen molar-refractivity contribution in [2.24, 2.45) is 5.73 Å². The molecule has 2 atom stereocenters. The van der Waals surface area contributed by atoms with E-state index in [0.29, 0.717) is 18.0 Å². The largest absolute Gasteiger partial charge is 0.350 e. The molecule has 0 saturated carbocycles. The van der Waals surface area contributed by atoms with Gasteiger partial charge in [0.1, 0.15) is 6.04 Å². The fourth-order valence-electron chi connectivity index (χ4n) is 2.99. The Labute approximate surface area is 142 Å². The van der Waals surface area contributed by atoms with Gasteiger partial charge in [0.05, 0.1) is 4.88 Å². The number of nitrogens with two attached hydrogens (primary N) is 1. The van der Waals surface area contributed by atoms with E-state index >= 15 is 0 Å². The minimum atomic E-state index is -0.367. The van der Waals surface area contributed by atoms with Crippen molar-refractivity contribution in [3.63, 3.8) is 0 Å². The molecule has 1 aromatic heterocycles. The van der Waals surface area contributed by atoms with Crippen molar-refractivity contribution in [1.29, 1.82) is 0 Å². The molecule has 1 aliphatic rings. The highest BCUT2D eigenvalue weighted by molar-refractivity contribution is 7.12. The molecule has 1 fully saturated rings. The van der Waals surface area contributed by atoms with Crippen LogP contribution in [0.4, 0.5) is 0 Å². The third kappa shape index (κ3) is 4.78. The number of thiophene rings is 1. The van der Waals surface area contributed by atoms with Crippen LogP contribution in [0.25, 0.3) is 0 Å². The number of carbonyl (C=O) groups excluding carboxylic acids is 2. The first-order chi connectivity index (χ1) is 11.2. The average molecular weight is 337 g/mol. The predicted octanol–water partition coefficient (Wildman–Crippen LogP) is 2.38. The molecule has 2 amide bonds. The molecule has 1 saturated heterocycles. The van der Waals surface area contributed by atoms with Crippen LogP contribution >= 0.6 is 11.3 Å². The van der Waals surface area contributed by atoms with E-state index in [1.807, 2.05) is 17.5 Å². The second-order valence-corrected chi connectivity index (χ2v) is 7.02. The van der Waals surface area contributed by atoms with E-state index in [0.717, 1.165) is 38.5 Å². The van der Waals surface area contributed by atoms with Crippen LogP contribution in [0.3, 0.4) is 0 Å². The molecule has 6 heteroatoms. The summed E-state index contributed by atoms with van der Waals surface area (Å²) in [5, 5.41) is 4.94. The van der Waals surface area contributed by atoms with Crippen LogP contribution in [0.5, 0.6) is 0 Å². The minimum absolute atomic E-state index is 0.00284. The molecule has 128 valence electrons. The number of rotatable bonds is 7. The highest BCUT2D eigenvalue weighted by Gasteiger charge is 2.33. The summed E-state index contributed by atoms with van der Waals surface area (Å²) in [6, 6.07) is 3.32. The minimum Gasteiger partial charge on any atom is -0.350 e. The topological polar surface area (TPSA) is 75.4 Å². The van der Waals surface area contributed by atoms with Crippen molar-refractivity contribution >= 4 is 23.2 Å². The number of carbonyl (C=O) groups is 2. The molecule has 23 heavy (non-hydrogen) atoms. The Kier molecular flexibility index (Phi) is 7.05. The number of amides is 2. The zero-order valence-corrected chi connectivity index (χ0v) is 14.6. The summed E-state index contributed by atoms with van der Waals surface area (Å²) in [7, 11) is 0. The maximum atomic E-state index is 12.7. The molecule has 0 aliphatic carbocycles. The van der Waals surface area contributed by atoms with Gasteiger partial charge < -0.3 is 16.0 Å². The first kappa shape index (κ1) is 17.9. The molecule has 3 N–H and O–H groups in total. The third-order valence-corrected chi connectivity index (χ3v) is 5.19. The fraction of sp³-hybridized carbons (Fsp3) is 0.647. The summed E-state index contributed by atoms with van der Waals surface area (Å²) >= 11 is 1.43. The molecule has 0 spiro atoms. The highest BCUT2D eigenvalue weighted by atomic mass is 32.1. The van der Waals surface area contributed by atoms with Gasteiger partial charge in [0, 0.05) is 19.1 Å². The van der Waals surface area contributed by atoms with Crippen molar-refractivity contribution < 1.29 is 9.59 Å². The Hall–Kier alpha value is -1.40. The number of piperidine rings is 1. The lowest BCUT2D eigenvalue weighted by molar-refractivity contribution is -0.127. The second kappa shape index (κ2) is 9.03. The Morgan fingerprint density at radius 1 is 1.48 bits per heavy atom. The van der Waals surface area contributed by atoms with Crippen LogP contribution in [-0.4, -0.2) is 41.9 Å². The maximum absolute atomic E-state index is 12.7. The molecular weight excluding hydrogens is 310 g/mol. The van der Waals surface area contributed by atoms with Crippen LogP contribution in [0.1, 0.15) is 55.1 Å². The van der Waals surface area contributed by atoms with Gasteiger partial charge in [0.15, 0.2) is 0 Å². The zero-order chi connectivity index (χ0) is 16.7. The van der Waals surface area contributed by atoms with Gasteiger partial charge in [0.2, 0.25) is 5.91 Å². The van der Waals surface area contributed by atoms with E-state index in [1.165, 1.54) is 11.3 Å². The van der Waals surface area contributed by atoms with Gasteiger partial charge in [-0.3, -0.25) is 9.59 Å². The van der Waals surface area contributed by atoms with Crippen LogP contribution in [0.15, 0.2) is 17.5 Å². The van der Waals surface area contributed by atoms with E-state index in [4.69, 9.17) is 5.73 Å². The van der Waals surface area contributed by atoms with Crippen molar-refractivity contribution in [3.8, 4) is 0 Å². The molecule has 1 aromatic rings. The summed E-state index contributed by atoms with van der Waals surface area (Å²) < 4.78 is 0. The summed E-state index contributed by atoms with van der Waals surface area (Å²) in [6.45, 7) is 3.21. The highest BCUT2D eigenvalue weighted by Crippen LogP contribution is 2.22. The van der Waals surface area contributed by atoms with Crippen LogP contribution in [-0.2, 0) is 4.79 Å². The maximum Gasteiger partial charge on any atom is 0.264 e. The molecule has 2 unspecified atom stereocenters. The third-order valence-electron chi connectivity index (χ3n) is 4.34. The summed E-state index contributed by atoms with van der Waals surface area (Å²) in [5.41, 5.74) is 5.77. The van der Waals surface area contributed by atoms with Gasteiger partial charge in [-0.25, -0.2) is 0 Å². The van der Waals surface area contributed by atoms with E-state index in [2.05, 4.69) is 12.2 Å². The second-order valence-electron chi connectivity index (χ2n) is 6.07. The molecular formula is C17H27N3O2S. The number of likely N-dealkylation sites (tertiary alicyclic amines) is 1. The van der Waals surface area contributed by atoms with E-state index in [1.54, 1.807) is 4.90 Å². The van der Waals surface area contributed by atoms with Crippen molar-refractivity contribution in [3.05, 3.63) is 22.4 Å². The van der Waals surface area contributed by atoms with Crippen LogP contribution in [0, 0.1) is 0 Å². The van der Waals surface area contributed by atoms with Crippen molar-refractivity contribution in [2.45, 2.75) is 57.5 Å². The lowest BCUT2D eigenvalue weighted by Gasteiger charge is -2.35.